The van der Waals surface area contributed by atoms with Gasteiger partial charge in [0.05, 0.1) is 5.75 Å². The molecule has 0 aliphatic rings. The predicted octanol–water partition coefficient (Wildman–Crippen LogP) is 5.19. The SMILES string of the molecule is CCCCNC(=O)[C@@H](C)N(Cc1ccc(F)cc1)C(=O)CSCc1c(F)cccc1Cl. The van der Waals surface area contributed by atoms with Crippen molar-refractivity contribution in [1.29, 1.82) is 0 Å². The molecule has 2 amide bonds. The highest BCUT2D eigenvalue weighted by molar-refractivity contribution is 7.99. The van der Waals surface area contributed by atoms with Gasteiger partial charge in [-0.1, -0.05) is 43.1 Å². The zero-order valence-corrected chi connectivity index (χ0v) is 19.2. The second kappa shape index (κ2) is 12.7. The van der Waals surface area contributed by atoms with Crippen molar-refractivity contribution >= 4 is 35.2 Å². The first-order valence-corrected chi connectivity index (χ1v) is 11.7. The molecule has 2 aromatic rings. The summed E-state index contributed by atoms with van der Waals surface area (Å²) in [6.07, 6.45) is 1.80. The predicted molar refractivity (Wildman–Crippen MR) is 122 cm³/mol. The Balaban J connectivity index is 2.07. The fraction of sp³-hybridized carbons (Fsp3) is 0.391. The molecule has 1 N–H and O–H groups in total. The molecule has 2 rings (SSSR count). The summed E-state index contributed by atoms with van der Waals surface area (Å²) >= 11 is 7.28. The smallest absolute Gasteiger partial charge is 0.242 e. The van der Waals surface area contributed by atoms with Crippen LogP contribution in [0.3, 0.4) is 0 Å². The maximum absolute atomic E-state index is 14.0. The van der Waals surface area contributed by atoms with Crippen molar-refractivity contribution in [2.45, 2.75) is 45.0 Å². The Kier molecular flexibility index (Phi) is 10.3. The molecule has 31 heavy (non-hydrogen) atoms. The van der Waals surface area contributed by atoms with Crippen LogP contribution in [0.5, 0.6) is 0 Å². The van der Waals surface area contributed by atoms with E-state index in [2.05, 4.69) is 5.32 Å². The van der Waals surface area contributed by atoms with Crippen molar-refractivity contribution in [3.63, 3.8) is 0 Å². The van der Waals surface area contributed by atoms with E-state index >= 15 is 0 Å². The van der Waals surface area contributed by atoms with E-state index in [9.17, 15) is 18.4 Å². The number of rotatable bonds is 11. The van der Waals surface area contributed by atoms with Crippen LogP contribution >= 0.6 is 23.4 Å². The standard InChI is InChI=1S/C23H27ClF2N2O2S/c1-3-4-12-27-23(30)16(2)28(13-17-8-10-18(25)11-9-17)22(29)15-31-14-19-20(24)6-5-7-21(19)26/h5-11,16H,3-4,12-15H2,1-2H3,(H,27,30)/t16-/m1/s1. The van der Waals surface area contributed by atoms with E-state index in [0.29, 0.717) is 22.7 Å². The number of hydrogen-bond acceptors (Lipinski definition) is 3. The maximum Gasteiger partial charge on any atom is 0.242 e. The minimum atomic E-state index is -0.702. The molecule has 4 nitrogen and oxygen atoms in total. The number of nitrogens with one attached hydrogen (secondary N) is 1. The van der Waals surface area contributed by atoms with Gasteiger partial charge in [0.15, 0.2) is 0 Å². The molecular formula is C23H27ClF2N2O2S. The lowest BCUT2D eigenvalue weighted by Gasteiger charge is -2.29. The van der Waals surface area contributed by atoms with Crippen LogP contribution in [-0.2, 0) is 21.9 Å². The molecule has 0 fully saturated rings. The molecule has 0 spiro atoms. The Bertz CT molecular complexity index is 860. The Labute approximate surface area is 191 Å². The first kappa shape index (κ1) is 25.1. The molecule has 0 aromatic heterocycles. The van der Waals surface area contributed by atoms with Crippen LogP contribution in [-0.4, -0.2) is 35.1 Å². The summed E-state index contributed by atoms with van der Waals surface area (Å²) in [5.41, 5.74) is 1.06. The lowest BCUT2D eigenvalue weighted by molar-refractivity contribution is -0.138. The second-order valence-electron chi connectivity index (χ2n) is 7.16. The third kappa shape index (κ3) is 7.82. The Morgan fingerprint density at radius 2 is 1.87 bits per heavy atom. The van der Waals surface area contributed by atoms with Gasteiger partial charge < -0.3 is 10.2 Å². The highest BCUT2D eigenvalue weighted by Gasteiger charge is 2.26. The summed E-state index contributed by atoms with van der Waals surface area (Å²) < 4.78 is 27.2. The third-order valence-corrected chi connectivity index (χ3v) is 6.09. The van der Waals surface area contributed by atoms with Crippen molar-refractivity contribution in [3.05, 3.63) is 70.2 Å². The quantitative estimate of drug-likeness (QED) is 0.462. The Hall–Kier alpha value is -2.12. The summed E-state index contributed by atoms with van der Waals surface area (Å²) in [6, 6.07) is 9.57. The summed E-state index contributed by atoms with van der Waals surface area (Å²) in [5.74, 6) is -1.01. The molecule has 0 unspecified atom stereocenters. The van der Waals surface area contributed by atoms with Crippen LogP contribution in [0.4, 0.5) is 8.78 Å². The van der Waals surface area contributed by atoms with Crippen LogP contribution in [0.2, 0.25) is 5.02 Å². The van der Waals surface area contributed by atoms with Gasteiger partial charge in [-0.2, -0.15) is 0 Å². The Morgan fingerprint density at radius 1 is 1.16 bits per heavy atom. The third-order valence-electron chi connectivity index (χ3n) is 4.80. The molecule has 2 aromatic carbocycles. The molecule has 8 heteroatoms. The van der Waals surface area contributed by atoms with Crippen LogP contribution in [0.1, 0.15) is 37.8 Å². The van der Waals surface area contributed by atoms with E-state index in [1.165, 1.54) is 40.9 Å². The van der Waals surface area contributed by atoms with Crippen molar-refractivity contribution in [1.82, 2.24) is 10.2 Å². The van der Waals surface area contributed by atoms with Gasteiger partial charge in [0.25, 0.3) is 0 Å². The van der Waals surface area contributed by atoms with Gasteiger partial charge in [0, 0.05) is 29.4 Å². The van der Waals surface area contributed by atoms with E-state index in [4.69, 9.17) is 11.6 Å². The minimum absolute atomic E-state index is 0.0540. The first-order valence-electron chi connectivity index (χ1n) is 10.2. The van der Waals surface area contributed by atoms with E-state index in [1.54, 1.807) is 25.1 Å². The van der Waals surface area contributed by atoms with Crippen LogP contribution in [0.25, 0.3) is 0 Å². The summed E-state index contributed by atoms with van der Waals surface area (Å²) in [7, 11) is 0. The number of carbonyl (C=O) groups is 2. The topological polar surface area (TPSA) is 49.4 Å². The number of hydrogen-bond donors (Lipinski definition) is 1. The normalized spacial score (nSPS) is 11.8. The monoisotopic (exact) mass is 468 g/mol. The zero-order valence-electron chi connectivity index (χ0n) is 17.7. The van der Waals surface area contributed by atoms with E-state index < -0.39 is 11.9 Å². The average molecular weight is 469 g/mol. The summed E-state index contributed by atoms with van der Waals surface area (Å²) in [5, 5.41) is 3.16. The van der Waals surface area contributed by atoms with Crippen molar-refractivity contribution in [2.24, 2.45) is 0 Å². The highest BCUT2D eigenvalue weighted by Crippen LogP contribution is 2.24. The van der Waals surface area contributed by atoms with Gasteiger partial charge in [-0.3, -0.25) is 9.59 Å². The number of unbranched alkanes of at least 4 members (excludes halogenated alkanes) is 1. The largest absolute Gasteiger partial charge is 0.354 e. The molecule has 0 aliphatic carbocycles. The van der Waals surface area contributed by atoms with Gasteiger partial charge in [-0.05, 0) is 43.2 Å². The van der Waals surface area contributed by atoms with Gasteiger partial charge in [0.2, 0.25) is 11.8 Å². The molecule has 0 heterocycles. The molecular weight excluding hydrogens is 442 g/mol. The Morgan fingerprint density at radius 3 is 2.52 bits per heavy atom. The van der Waals surface area contributed by atoms with Crippen molar-refractivity contribution < 1.29 is 18.4 Å². The first-order chi connectivity index (χ1) is 14.8. The molecule has 0 bridgehead atoms. The molecule has 0 aliphatic heterocycles. The number of nitrogens with zero attached hydrogens (tertiary/aromatic N) is 1. The number of halogens is 3. The van der Waals surface area contributed by atoms with Gasteiger partial charge >= 0.3 is 0 Å². The fourth-order valence-corrected chi connectivity index (χ4v) is 4.15. The van der Waals surface area contributed by atoms with Gasteiger partial charge in [0.1, 0.15) is 17.7 Å². The molecule has 0 radical (unpaired) electrons. The number of carbonyl (C=O) groups excluding carboxylic acids is 2. The van der Waals surface area contributed by atoms with E-state index in [1.807, 2.05) is 6.92 Å². The summed E-state index contributed by atoms with van der Waals surface area (Å²) in [4.78, 5) is 27.0. The highest BCUT2D eigenvalue weighted by atomic mass is 35.5. The number of amides is 2. The van der Waals surface area contributed by atoms with E-state index in [-0.39, 0.29) is 35.7 Å². The van der Waals surface area contributed by atoms with Gasteiger partial charge in [-0.25, -0.2) is 8.78 Å². The maximum atomic E-state index is 14.0. The number of benzene rings is 2. The van der Waals surface area contributed by atoms with E-state index in [0.717, 1.165) is 12.8 Å². The molecule has 0 saturated heterocycles. The number of thioether (sulfide) groups is 1. The average Bonchev–Trinajstić information content (AvgIpc) is 2.75. The second-order valence-corrected chi connectivity index (χ2v) is 8.55. The van der Waals surface area contributed by atoms with Crippen molar-refractivity contribution in [2.75, 3.05) is 12.3 Å². The van der Waals surface area contributed by atoms with Crippen LogP contribution in [0.15, 0.2) is 42.5 Å². The van der Waals surface area contributed by atoms with Gasteiger partial charge in [-0.15, -0.1) is 11.8 Å². The van der Waals surface area contributed by atoms with Crippen LogP contribution < -0.4 is 5.32 Å². The lowest BCUT2D eigenvalue weighted by atomic mass is 10.1. The van der Waals surface area contributed by atoms with Crippen LogP contribution in [0, 0.1) is 11.6 Å². The molecule has 168 valence electrons. The fourth-order valence-electron chi connectivity index (χ4n) is 2.90. The molecule has 1 atom stereocenters. The van der Waals surface area contributed by atoms with Crippen molar-refractivity contribution in [3.8, 4) is 0 Å². The minimum Gasteiger partial charge on any atom is -0.354 e. The zero-order chi connectivity index (χ0) is 22.8. The summed E-state index contributed by atoms with van der Waals surface area (Å²) in [6.45, 7) is 4.40. The molecule has 0 saturated carbocycles. The lowest BCUT2D eigenvalue weighted by Crippen LogP contribution is -2.48.